The van der Waals surface area contributed by atoms with Crippen LogP contribution in [0.1, 0.15) is 11.1 Å². The summed E-state index contributed by atoms with van der Waals surface area (Å²) in [6, 6.07) is 17.3. The number of sulfonamides is 2. The van der Waals surface area contributed by atoms with E-state index in [0.29, 0.717) is 6.07 Å². The number of rotatable bonds is 9. The molecule has 0 aliphatic carbocycles. The smallest absolute Gasteiger partial charge is 0.325 e. The molecule has 16 heteroatoms. The van der Waals surface area contributed by atoms with Crippen LogP contribution in [0.3, 0.4) is 0 Å². The third-order valence-corrected chi connectivity index (χ3v) is 10.1. The summed E-state index contributed by atoms with van der Waals surface area (Å²) in [7, 11) is -8.64. The van der Waals surface area contributed by atoms with Crippen LogP contribution in [0.5, 0.6) is 0 Å². The molecule has 0 unspecified atom stereocenters. The van der Waals surface area contributed by atoms with Gasteiger partial charge in [-0.2, -0.15) is 13.2 Å². The van der Waals surface area contributed by atoms with Gasteiger partial charge in [-0.05, 0) is 79.7 Å². The number of carbonyl (C=O) groups is 1. The first kappa shape index (κ1) is 33.4. The Hall–Kier alpha value is -3.49. The topological polar surface area (TPSA) is 113 Å². The number of halogens is 6. The molecule has 0 atom stereocenters. The van der Waals surface area contributed by atoms with Crippen LogP contribution in [-0.2, 0) is 31.0 Å². The van der Waals surface area contributed by atoms with Crippen LogP contribution in [0.2, 0.25) is 15.1 Å². The SMILES string of the molecule is Cc1ccc(S(=O)(=O)N(CC(=O)Nc2ccc(S(=O)(=O)Nc3ccc(Cl)c(C(F)(F)F)c3)cc2)c2cc(Cl)ccc2Cl)cc1. The molecule has 0 fully saturated rings. The number of benzene rings is 4. The summed E-state index contributed by atoms with van der Waals surface area (Å²) in [5.74, 6) is -0.800. The molecule has 0 radical (unpaired) electrons. The summed E-state index contributed by atoms with van der Waals surface area (Å²) < 4.78 is 95.1. The molecular weight excluding hydrogens is 686 g/mol. The van der Waals surface area contributed by atoms with Gasteiger partial charge in [-0.1, -0.05) is 52.5 Å². The molecule has 8 nitrogen and oxygen atoms in total. The number of anilines is 3. The zero-order chi connectivity index (χ0) is 32.4. The molecule has 0 saturated carbocycles. The van der Waals surface area contributed by atoms with E-state index in [1.807, 2.05) is 0 Å². The van der Waals surface area contributed by atoms with Gasteiger partial charge in [0, 0.05) is 16.4 Å². The van der Waals surface area contributed by atoms with E-state index in [1.54, 1.807) is 19.1 Å². The number of amides is 1. The van der Waals surface area contributed by atoms with E-state index in [4.69, 9.17) is 34.8 Å². The van der Waals surface area contributed by atoms with Gasteiger partial charge < -0.3 is 5.32 Å². The molecule has 4 aromatic rings. The van der Waals surface area contributed by atoms with Gasteiger partial charge in [-0.15, -0.1) is 0 Å². The molecule has 0 aliphatic rings. The zero-order valence-corrected chi connectivity index (χ0v) is 26.3. The fourth-order valence-electron chi connectivity index (χ4n) is 3.88. The van der Waals surface area contributed by atoms with Crippen molar-refractivity contribution in [1.29, 1.82) is 0 Å². The number of hydrogen-bond donors (Lipinski definition) is 2. The predicted octanol–water partition coefficient (Wildman–Crippen LogP) is 7.61. The lowest BCUT2D eigenvalue weighted by molar-refractivity contribution is -0.137. The zero-order valence-electron chi connectivity index (χ0n) is 22.4. The predicted molar refractivity (Wildman–Crippen MR) is 165 cm³/mol. The van der Waals surface area contributed by atoms with Crippen molar-refractivity contribution < 1.29 is 34.8 Å². The Labute approximate surface area is 266 Å². The second-order valence-corrected chi connectivity index (χ2v) is 14.1. The van der Waals surface area contributed by atoms with Gasteiger partial charge in [0.05, 0.1) is 31.1 Å². The second-order valence-electron chi connectivity index (χ2n) is 9.29. The molecule has 0 saturated heterocycles. The molecule has 4 rings (SSSR count). The molecule has 0 spiro atoms. The summed E-state index contributed by atoms with van der Waals surface area (Å²) in [5.41, 5.74) is -0.708. The molecule has 44 heavy (non-hydrogen) atoms. The van der Waals surface area contributed by atoms with Gasteiger partial charge in [-0.25, -0.2) is 16.8 Å². The molecule has 0 bridgehead atoms. The summed E-state index contributed by atoms with van der Waals surface area (Å²) >= 11 is 18.0. The monoisotopic (exact) mass is 705 g/mol. The van der Waals surface area contributed by atoms with Crippen LogP contribution in [-0.4, -0.2) is 29.3 Å². The lowest BCUT2D eigenvalue weighted by atomic mass is 10.2. The van der Waals surface area contributed by atoms with E-state index in [1.165, 1.54) is 42.5 Å². The Morgan fingerprint density at radius 1 is 0.773 bits per heavy atom. The molecule has 0 aliphatic heterocycles. The largest absolute Gasteiger partial charge is 0.417 e. The Morgan fingerprint density at radius 3 is 1.95 bits per heavy atom. The van der Waals surface area contributed by atoms with E-state index in [2.05, 4.69) is 10.0 Å². The van der Waals surface area contributed by atoms with Gasteiger partial charge in [0.15, 0.2) is 0 Å². The molecule has 2 N–H and O–H groups in total. The maximum atomic E-state index is 13.6. The van der Waals surface area contributed by atoms with Crippen molar-refractivity contribution in [3.8, 4) is 0 Å². The number of nitrogens with zero attached hydrogens (tertiary/aromatic N) is 1. The summed E-state index contributed by atoms with van der Waals surface area (Å²) in [5, 5.41) is 2.09. The van der Waals surface area contributed by atoms with Gasteiger partial charge in [0.25, 0.3) is 20.0 Å². The average molecular weight is 707 g/mol. The van der Waals surface area contributed by atoms with Crippen molar-refractivity contribution in [2.45, 2.75) is 22.9 Å². The van der Waals surface area contributed by atoms with Gasteiger partial charge in [0.1, 0.15) is 6.54 Å². The Morgan fingerprint density at radius 2 is 1.34 bits per heavy atom. The first-order valence-electron chi connectivity index (χ1n) is 12.3. The van der Waals surface area contributed by atoms with E-state index in [9.17, 15) is 34.8 Å². The van der Waals surface area contributed by atoms with Crippen molar-refractivity contribution in [1.82, 2.24) is 0 Å². The van der Waals surface area contributed by atoms with Crippen molar-refractivity contribution in [2.75, 3.05) is 20.9 Å². The third kappa shape index (κ3) is 7.77. The lowest BCUT2D eigenvalue weighted by Crippen LogP contribution is -2.38. The van der Waals surface area contributed by atoms with Crippen LogP contribution < -0.4 is 14.3 Å². The maximum Gasteiger partial charge on any atom is 0.417 e. The molecule has 4 aromatic carbocycles. The first-order chi connectivity index (χ1) is 20.5. The first-order valence-corrected chi connectivity index (χ1v) is 16.4. The molecule has 232 valence electrons. The second kappa shape index (κ2) is 12.9. The molecule has 0 heterocycles. The summed E-state index contributed by atoms with van der Waals surface area (Å²) in [6.45, 7) is 1.05. The van der Waals surface area contributed by atoms with Crippen LogP contribution in [0, 0.1) is 6.92 Å². The van der Waals surface area contributed by atoms with Crippen LogP contribution in [0.25, 0.3) is 0 Å². The number of nitrogens with one attached hydrogen (secondary N) is 2. The Balaban J connectivity index is 1.55. The third-order valence-electron chi connectivity index (χ3n) is 6.05. The van der Waals surface area contributed by atoms with E-state index >= 15 is 0 Å². The highest BCUT2D eigenvalue weighted by Crippen LogP contribution is 2.37. The van der Waals surface area contributed by atoms with E-state index < -0.39 is 49.3 Å². The Bertz CT molecular complexity index is 1920. The summed E-state index contributed by atoms with van der Waals surface area (Å²) in [6.07, 6.45) is -4.80. The van der Waals surface area contributed by atoms with Gasteiger partial charge in [-0.3, -0.25) is 13.8 Å². The highest BCUT2D eigenvalue weighted by atomic mass is 35.5. The van der Waals surface area contributed by atoms with Gasteiger partial charge >= 0.3 is 6.18 Å². The number of aryl methyl sites for hydroxylation is 1. The van der Waals surface area contributed by atoms with Crippen LogP contribution >= 0.6 is 34.8 Å². The quantitative estimate of drug-likeness (QED) is 0.186. The normalized spacial score (nSPS) is 12.1. The van der Waals surface area contributed by atoms with Crippen molar-refractivity contribution >= 4 is 77.8 Å². The minimum atomic E-state index is -4.80. The lowest BCUT2D eigenvalue weighted by Gasteiger charge is -2.25. The minimum absolute atomic E-state index is 0.0167. The molecule has 0 aromatic heterocycles. The van der Waals surface area contributed by atoms with Crippen molar-refractivity contribution in [3.05, 3.63) is 111 Å². The average Bonchev–Trinajstić information content (AvgIpc) is 2.94. The standard InChI is InChI=1S/C28H21Cl3F3N3O5S2/c1-17-2-8-22(9-3-17)44(41,42)37(26-14-18(29)4-12-25(26)31)16-27(38)35-19-5-10-21(11-6-19)43(39,40)36-20-7-13-24(30)23(15-20)28(32,33)34/h2-15,36H,16H2,1H3,(H,35,38). The fourth-order valence-corrected chi connectivity index (χ4v) is 7.02. The molecular formula is C28H21Cl3F3N3O5S2. The van der Waals surface area contributed by atoms with Crippen LogP contribution in [0.15, 0.2) is 94.7 Å². The van der Waals surface area contributed by atoms with Crippen molar-refractivity contribution in [2.24, 2.45) is 0 Å². The highest BCUT2D eigenvalue weighted by molar-refractivity contribution is 7.93. The maximum absolute atomic E-state index is 13.6. The van der Waals surface area contributed by atoms with E-state index in [-0.39, 0.29) is 36.9 Å². The van der Waals surface area contributed by atoms with Gasteiger partial charge in [0.2, 0.25) is 5.91 Å². The Kier molecular flexibility index (Phi) is 9.76. The van der Waals surface area contributed by atoms with Crippen LogP contribution in [0.4, 0.5) is 30.2 Å². The molecule has 1 amide bonds. The highest BCUT2D eigenvalue weighted by Gasteiger charge is 2.34. The number of hydrogen-bond acceptors (Lipinski definition) is 5. The van der Waals surface area contributed by atoms with E-state index in [0.717, 1.165) is 34.1 Å². The minimum Gasteiger partial charge on any atom is -0.325 e. The fraction of sp³-hybridized carbons (Fsp3) is 0.107. The number of alkyl halides is 3. The summed E-state index contributed by atoms with van der Waals surface area (Å²) in [4.78, 5) is 12.6. The van der Waals surface area contributed by atoms with Crippen molar-refractivity contribution in [3.63, 3.8) is 0 Å². The number of carbonyl (C=O) groups excluding carboxylic acids is 1.